The summed E-state index contributed by atoms with van der Waals surface area (Å²) >= 11 is 0. The average Bonchev–Trinajstić information content (AvgIpc) is 2.45. The van der Waals surface area contributed by atoms with Crippen LogP contribution in [0.25, 0.3) is 10.9 Å². The molecule has 1 heterocycles. The van der Waals surface area contributed by atoms with Gasteiger partial charge in [0.25, 0.3) is 5.56 Å². The van der Waals surface area contributed by atoms with Crippen molar-refractivity contribution in [2.24, 2.45) is 5.92 Å². The SMILES string of the molecule is CC(C)CCC(=O)O[C@H](C)c1nc2ccccc2c(=O)[nH]1. The average molecular weight is 288 g/mol. The van der Waals surface area contributed by atoms with Crippen LogP contribution >= 0.6 is 0 Å². The van der Waals surface area contributed by atoms with E-state index >= 15 is 0 Å². The molecule has 0 bridgehead atoms. The number of H-pyrrole nitrogens is 1. The molecule has 0 amide bonds. The van der Waals surface area contributed by atoms with Crippen molar-refractivity contribution in [2.45, 2.75) is 39.7 Å². The van der Waals surface area contributed by atoms with E-state index in [1.807, 2.05) is 6.07 Å². The Hall–Kier alpha value is -2.17. The van der Waals surface area contributed by atoms with E-state index in [-0.39, 0.29) is 11.5 Å². The van der Waals surface area contributed by atoms with E-state index < -0.39 is 6.10 Å². The number of hydrogen-bond donors (Lipinski definition) is 1. The maximum absolute atomic E-state index is 12.0. The summed E-state index contributed by atoms with van der Waals surface area (Å²) in [6.07, 6.45) is 0.592. The van der Waals surface area contributed by atoms with E-state index in [2.05, 4.69) is 23.8 Å². The molecule has 0 aliphatic rings. The fourth-order valence-electron chi connectivity index (χ4n) is 2.02. The lowest BCUT2D eigenvalue weighted by Gasteiger charge is -2.13. The van der Waals surface area contributed by atoms with E-state index in [0.717, 1.165) is 6.42 Å². The standard InChI is InChI=1S/C16H20N2O3/c1-10(2)8-9-14(19)21-11(3)15-17-13-7-5-4-6-12(13)16(20)18-15/h4-7,10-11H,8-9H2,1-3H3,(H,17,18,20)/t11-/m1/s1. The minimum Gasteiger partial charge on any atom is -0.454 e. The maximum atomic E-state index is 12.0. The van der Waals surface area contributed by atoms with Crippen LogP contribution in [0.15, 0.2) is 29.1 Å². The van der Waals surface area contributed by atoms with Gasteiger partial charge in [0.15, 0.2) is 11.9 Å². The number of carbonyl (C=O) groups is 1. The minimum absolute atomic E-state index is 0.222. The molecule has 0 spiro atoms. The summed E-state index contributed by atoms with van der Waals surface area (Å²) in [5.41, 5.74) is 0.377. The zero-order chi connectivity index (χ0) is 15.4. The Kier molecular flexibility index (Phi) is 4.73. The van der Waals surface area contributed by atoms with Crippen molar-refractivity contribution in [1.29, 1.82) is 0 Å². The molecule has 1 aromatic heterocycles. The van der Waals surface area contributed by atoms with Crippen LogP contribution in [-0.2, 0) is 9.53 Å². The Morgan fingerprint density at radius 2 is 2.00 bits per heavy atom. The molecule has 2 aromatic rings. The third-order valence-electron chi connectivity index (χ3n) is 3.25. The quantitative estimate of drug-likeness (QED) is 0.858. The summed E-state index contributed by atoms with van der Waals surface area (Å²) in [5, 5.41) is 0.527. The Labute approximate surface area is 123 Å². The smallest absolute Gasteiger partial charge is 0.306 e. The molecular weight excluding hydrogens is 268 g/mol. The van der Waals surface area contributed by atoms with E-state index in [1.54, 1.807) is 25.1 Å². The number of nitrogens with zero attached hydrogens (tertiary/aromatic N) is 1. The van der Waals surface area contributed by atoms with Crippen LogP contribution in [-0.4, -0.2) is 15.9 Å². The van der Waals surface area contributed by atoms with Gasteiger partial charge in [0.05, 0.1) is 10.9 Å². The lowest BCUT2D eigenvalue weighted by Crippen LogP contribution is -2.17. The van der Waals surface area contributed by atoms with Crippen molar-refractivity contribution in [2.75, 3.05) is 0 Å². The van der Waals surface area contributed by atoms with Gasteiger partial charge in [0.1, 0.15) is 0 Å². The van der Waals surface area contributed by atoms with Gasteiger partial charge in [-0.1, -0.05) is 26.0 Å². The van der Waals surface area contributed by atoms with Gasteiger partial charge in [-0.15, -0.1) is 0 Å². The summed E-state index contributed by atoms with van der Waals surface area (Å²) in [6.45, 7) is 5.82. The Bertz CT molecular complexity index is 691. The van der Waals surface area contributed by atoms with E-state index in [9.17, 15) is 9.59 Å². The highest BCUT2D eigenvalue weighted by Gasteiger charge is 2.15. The number of esters is 1. The number of fused-ring (bicyclic) bond motifs is 1. The van der Waals surface area contributed by atoms with Crippen molar-refractivity contribution in [3.63, 3.8) is 0 Å². The number of aromatic amines is 1. The fraction of sp³-hybridized carbons (Fsp3) is 0.438. The molecule has 0 radical (unpaired) electrons. The van der Waals surface area contributed by atoms with Crippen LogP contribution in [0.1, 0.15) is 45.5 Å². The van der Waals surface area contributed by atoms with Gasteiger partial charge in [-0.3, -0.25) is 9.59 Å². The number of para-hydroxylation sites is 1. The normalized spacial score (nSPS) is 12.6. The highest BCUT2D eigenvalue weighted by Crippen LogP contribution is 2.16. The van der Waals surface area contributed by atoms with Crippen molar-refractivity contribution in [1.82, 2.24) is 9.97 Å². The highest BCUT2D eigenvalue weighted by atomic mass is 16.5. The molecule has 1 N–H and O–H groups in total. The molecule has 2 rings (SSSR count). The first kappa shape index (κ1) is 15.2. The van der Waals surface area contributed by atoms with E-state index in [0.29, 0.717) is 29.1 Å². The number of nitrogens with one attached hydrogen (secondary N) is 1. The number of rotatable bonds is 5. The molecule has 0 saturated carbocycles. The predicted molar refractivity (Wildman–Crippen MR) is 80.9 cm³/mol. The van der Waals surface area contributed by atoms with Gasteiger partial charge in [-0.05, 0) is 31.4 Å². The molecule has 0 fully saturated rings. The molecule has 0 unspecified atom stereocenters. The predicted octanol–water partition coefficient (Wildman–Crippen LogP) is 2.96. The number of aromatic nitrogens is 2. The van der Waals surface area contributed by atoms with Gasteiger partial charge < -0.3 is 9.72 Å². The molecule has 5 nitrogen and oxygen atoms in total. The minimum atomic E-state index is -0.568. The Morgan fingerprint density at radius 3 is 2.71 bits per heavy atom. The molecule has 1 aromatic carbocycles. The van der Waals surface area contributed by atoms with Crippen LogP contribution in [0.4, 0.5) is 0 Å². The molecular formula is C16H20N2O3. The van der Waals surface area contributed by atoms with Crippen molar-refractivity contribution in [3.8, 4) is 0 Å². The number of ether oxygens (including phenoxy) is 1. The van der Waals surface area contributed by atoms with Gasteiger partial charge in [0, 0.05) is 6.42 Å². The maximum Gasteiger partial charge on any atom is 0.306 e. The van der Waals surface area contributed by atoms with Crippen LogP contribution in [0.2, 0.25) is 0 Å². The van der Waals surface area contributed by atoms with Gasteiger partial charge >= 0.3 is 5.97 Å². The van der Waals surface area contributed by atoms with Crippen LogP contribution in [0.5, 0.6) is 0 Å². The first-order valence-electron chi connectivity index (χ1n) is 7.16. The molecule has 21 heavy (non-hydrogen) atoms. The molecule has 1 atom stereocenters. The second kappa shape index (κ2) is 6.52. The highest BCUT2D eigenvalue weighted by molar-refractivity contribution is 5.77. The molecule has 112 valence electrons. The summed E-state index contributed by atoms with van der Waals surface area (Å²) in [4.78, 5) is 30.7. The largest absolute Gasteiger partial charge is 0.454 e. The summed E-state index contributed by atoms with van der Waals surface area (Å²) in [7, 11) is 0. The van der Waals surface area contributed by atoms with Gasteiger partial charge in [-0.2, -0.15) is 0 Å². The summed E-state index contributed by atoms with van der Waals surface area (Å²) < 4.78 is 5.32. The van der Waals surface area contributed by atoms with Crippen LogP contribution in [0.3, 0.4) is 0 Å². The first-order chi connectivity index (χ1) is 9.97. The van der Waals surface area contributed by atoms with E-state index in [1.165, 1.54) is 0 Å². The summed E-state index contributed by atoms with van der Waals surface area (Å²) in [5.74, 6) is 0.551. The topological polar surface area (TPSA) is 72.0 Å². The Morgan fingerprint density at radius 1 is 1.29 bits per heavy atom. The first-order valence-corrected chi connectivity index (χ1v) is 7.16. The van der Waals surface area contributed by atoms with Crippen LogP contribution in [0, 0.1) is 5.92 Å². The second-order valence-electron chi connectivity index (χ2n) is 5.53. The number of carbonyl (C=O) groups excluding carboxylic acids is 1. The Balaban J connectivity index is 2.14. The van der Waals surface area contributed by atoms with E-state index in [4.69, 9.17) is 4.74 Å². The van der Waals surface area contributed by atoms with Crippen molar-refractivity contribution >= 4 is 16.9 Å². The third-order valence-corrected chi connectivity index (χ3v) is 3.25. The number of hydrogen-bond acceptors (Lipinski definition) is 4. The monoisotopic (exact) mass is 288 g/mol. The van der Waals surface area contributed by atoms with Crippen molar-refractivity contribution in [3.05, 3.63) is 40.4 Å². The zero-order valence-corrected chi connectivity index (χ0v) is 12.6. The molecule has 0 saturated heterocycles. The molecule has 0 aliphatic carbocycles. The zero-order valence-electron chi connectivity index (χ0n) is 12.6. The van der Waals surface area contributed by atoms with Gasteiger partial charge in [-0.25, -0.2) is 4.98 Å². The van der Waals surface area contributed by atoms with Crippen LogP contribution < -0.4 is 5.56 Å². The molecule has 0 aliphatic heterocycles. The third kappa shape index (κ3) is 3.90. The summed E-state index contributed by atoms with van der Waals surface area (Å²) in [6, 6.07) is 7.08. The van der Waals surface area contributed by atoms with Gasteiger partial charge in [0.2, 0.25) is 0 Å². The molecule has 5 heteroatoms. The lowest BCUT2D eigenvalue weighted by atomic mass is 10.1. The second-order valence-corrected chi connectivity index (χ2v) is 5.53. The number of benzene rings is 1. The lowest BCUT2D eigenvalue weighted by molar-refractivity contribution is -0.149. The fourth-order valence-corrected chi connectivity index (χ4v) is 2.02. The van der Waals surface area contributed by atoms with Crippen molar-refractivity contribution < 1.29 is 9.53 Å².